The van der Waals surface area contributed by atoms with E-state index in [1.807, 2.05) is 29.6 Å². The van der Waals surface area contributed by atoms with Gasteiger partial charge in [-0.2, -0.15) is 5.10 Å². The molecule has 0 radical (unpaired) electrons. The molecule has 3 heteroatoms. The molecule has 0 bridgehead atoms. The highest BCUT2D eigenvalue weighted by Crippen LogP contribution is 2.11. The van der Waals surface area contributed by atoms with Crippen LogP contribution in [0.1, 0.15) is 11.4 Å². The number of allylic oxidation sites excluding steroid dienone is 1. The van der Waals surface area contributed by atoms with E-state index in [-0.39, 0.29) is 0 Å². The number of nitrogens with zero attached hydrogens (tertiary/aromatic N) is 3. The lowest BCUT2D eigenvalue weighted by molar-refractivity contribution is 0.851. The van der Waals surface area contributed by atoms with Gasteiger partial charge in [0, 0.05) is 12.1 Å². The minimum atomic E-state index is 0.787. The van der Waals surface area contributed by atoms with Crippen LogP contribution in [0, 0.1) is 6.92 Å². The molecule has 2 rings (SSSR count). The molecule has 0 saturated carbocycles. The van der Waals surface area contributed by atoms with E-state index in [0.717, 1.165) is 23.3 Å². The van der Waals surface area contributed by atoms with E-state index < -0.39 is 0 Å². The fourth-order valence-corrected chi connectivity index (χ4v) is 1.41. The molecule has 2 heterocycles. The number of aryl methyl sites for hydroxylation is 1. The molecule has 0 amide bonds. The second-order valence-corrected chi connectivity index (χ2v) is 2.97. The molecular formula is C10H11N3. The maximum Gasteiger partial charge on any atom is 0.136 e. The topological polar surface area (TPSA) is 30.2 Å². The lowest BCUT2D eigenvalue weighted by Gasteiger charge is -2.00. The molecular weight excluding hydrogens is 162 g/mol. The number of aromatic nitrogens is 3. The van der Waals surface area contributed by atoms with Gasteiger partial charge in [0.25, 0.3) is 0 Å². The molecule has 0 saturated heterocycles. The molecule has 0 unspecified atom stereocenters. The molecule has 0 aliphatic rings. The molecule has 0 aliphatic heterocycles. The summed E-state index contributed by atoms with van der Waals surface area (Å²) >= 11 is 0. The van der Waals surface area contributed by atoms with Gasteiger partial charge in [-0.3, -0.25) is 0 Å². The van der Waals surface area contributed by atoms with Gasteiger partial charge in [-0.25, -0.2) is 9.50 Å². The smallest absolute Gasteiger partial charge is 0.136 e. The van der Waals surface area contributed by atoms with Crippen LogP contribution in [0.5, 0.6) is 0 Å². The highest BCUT2D eigenvalue weighted by molar-refractivity contribution is 5.53. The molecule has 3 nitrogen and oxygen atoms in total. The van der Waals surface area contributed by atoms with Crippen molar-refractivity contribution < 1.29 is 0 Å². The Kier molecular flexibility index (Phi) is 1.85. The normalized spacial score (nSPS) is 10.5. The average Bonchev–Trinajstić information content (AvgIpc) is 2.50. The van der Waals surface area contributed by atoms with Crippen molar-refractivity contribution in [2.75, 3.05) is 0 Å². The van der Waals surface area contributed by atoms with Crippen LogP contribution in [-0.4, -0.2) is 14.6 Å². The van der Waals surface area contributed by atoms with Crippen LogP contribution in [0.25, 0.3) is 5.52 Å². The Morgan fingerprint density at radius 1 is 1.54 bits per heavy atom. The molecule has 0 N–H and O–H groups in total. The summed E-state index contributed by atoms with van der Waals surface area (Å²) in [6, 6.07) is 4.07. The van der Waals surface area contributed by atoms with Crippen LogP contribution in [-0.2, 0) is 6.42 Å². The first-order chi connectivity index (χ1) is 6.33. The summed E-state index contributed by atoms with van der Waals surface area (Å²) in [5, 5.41) is 4.15. The maximum atomic E-state index is 4.21. The first-order valence-electron chi connectivity index (χ1n) is 4.22. The predicted molar refractivity (Wildman–Crippen MR) is 51.6 cm³/mol. The fourth-order valence-electron chi connectivity index (χ4n) is 1.41. The Balaban J connectivity index is 2.69. The van der Waals surface area contributed by atoms with Crippen LogP contribution < -0.4 is 0 Å². The monoisotopic (exact) mass is 173 g/mol. The van der Waals surface area contributed by atoms with Gasteiger partial charge in [-0.15, -0.1) is 6.58 Å². The number of fused-ring (bicyclic) bond motifs is 1. The molecule has 0 fully saturated rings. The molecule has 2 aromatic rings. The Bertz CT molecular complexity index is 442. The third kappa shape index (κ3) is 1.22. The van der Waals surface area contributed by atoms with Gasteiger partial charge in [0.1, 0.15) is 6.33 Å². The number of hydrogen-bond donors (Lipinski definition) is 0. The lowest BCUT2D eigenvalue weighted by atomic mass is 10.3. The van der Waals surface area contributed by atoms with Gasteiger partial charge >= 0.3 is 0 Å². The van der Waals surface area contributed by atoms with Crippen LogP contribution >= 0.6 is 0 Å². The van der Waals surface area contributed by atoms with Crippen molar-refractivity contribution in [3.63, 3.8) is 0 Å². The molecule has 0 atom stereocenters. The minimum absolute atomic E-state index is 0.787. The molecule has 0 spiro atoms. The van der Waals surface area contributed by atoms with E-state index in [1.165, 1.54) is 0 Å². The van der Waals surface area contributed by atoms with Crippen molar-refractivity contribution in [1.29, 1.82) is 0 Å². The fraction of sp³-hybridized carbons (Fsp3) is 0.200. The summed E-state index contributed by atoms with van der Waals surface area (Å²) < 4.78 is 1.89. The molecule has 0 aliphatic carbocycles. The zero-order valence-electron chi connectivity index (χ0n) is 7.57. The first kappa shape index (κ1) is 7.98. The van der Waals surface area contributed by atoms with Crippen molar-refractivity contribution in [1.82, 2.24) is 14.6 Å². The van der Waals surface area contributed by atoms with Crippen molar-refractivity contribution in [3.8, 4) is 0 Å². The minimum Gasteiger partial charge on any atom is -0.237 e. The van der Waals surface area contributed by atoms with Gasteiger partial charge in [0.05, 0.1) is 11.2 Å². The zero-order chi connectivity index (χ0) is 9.26. The Hall–Kier alpha value is -1.64. The van der Waals surface area contributed by atoms with E-state index in [9.17, 15) is 0 Å². The largest absolute Gasteiger partial charge is 0.237 e. The Morgan fingerprint density at radius 3 is 3.15 bits per heavy atom. The summed E-state index contributed by atoms with van der Waals surface area (Å²) in [5.41, 5.74) is 3.22. The van der Waals surface area contributed by atoms with Gasteiger partial charge in [-0.1, -0.05) is 6.08 Å². The van der Waals surface area contributed by atoms with Gasteiger partial charge in [-0.05, 0) is 19.1 Å². The summed E-state index contributed by atoms with van der Waals surface area (Å²) in [4.78, 5) is 4.21. The van der Waals surface area contributed by atoms with Crippen molar-refractivity contribution in [2.45, 2.75) is 13.3 Å². The molecule has 13 heavy (non-hydrogen) atoms. The third-order valence-electron chi connectivity index (χ3n) is 2.06. The summed E-state index contributed by atoms with van der Waals surface area (Å²) in [7, 11) is 0. The van der Waals surface area contributed by atoms with Crippen LogP contribution in [0.2, 0.25) is 0 Å². The first-order valence-corrected chi connectivity index (χ1v) is 4.22. The maximum absolute atomic E-state index is 4.21. The predicted octanol–water partition coefficient (Wildman–Crippen LogP) is 1.77. The lowest BCUT2D eigenvalue weighted by Crippen LogP contribution is -1.99. The molecule has 0 aromatic carbocycles. The quantitative estimate of drug-likeness (QED) is 0.648. The van der Waals surface area contributed by atoms with Crippen molar-refractivity contribution >= 4 is 5.52 Å². The van der Waals surface area contributed by atoms with E-state index in [0.29, 0.717) is 0 Å². The second kappa shape index (κ2) is 3.01. The SMILES string of the molecule is C=CCc1ncnn2c(C)ccc12. The van der Waals surface area contributed by atoms with E-state index >= 15 is 0 Å². The Morgan fingerprint density at radius 2 is 2.38 bits per heavy atom. The summed E-state index contributed by atoms with van der Waals surface area (Å²) in [6.45, 7) is 5.73. The average molecular weight is 173 g/mol. The van der Waals surface area contributed by atoms with E-state index in [2.05, 4.69) is 16.7 Å². The van der Waals surface area contributed by atoms with E-state index in [4.69, 9.17) is 0 Å². The molecule has 2 aromatic heterocycles. The molecule has 66 valence electrons. The number of hydrogen-bond acceptors (Lipinski definition) is 2. The van der Waals surface area contributed by atoms with Crippen molar-refractivity contribution in [2.24, 2.45) is 0 Å². The van der Waals surface area contributed by atoms with Crippen LogP contribution in [0.3, 0.4) is 0 Å². The zero-order valence-corrected chi connectivity index (χ0v) is 7.57. The van der Waals surface area contributed by atoms with E-state index in [1.54, 1.807) is 6.33 Å². The van der Waals surface area contributed by atoms with Crippen molar-refractivity contribution in [3.05, 3.63) is 42.5 Å². The highest BCUT2D eigenvalue weighted by atomic mass is 15.2. The van der Waals surface area contributed by atoms with Gasteiger partial charge < -0.3 is 0 Å². The number of rotatable bonds is 2. The third-order valence-corrected chi connectivity index (χ3v) is 2.06. The van der Waals surface area contributed by atoms with Gasteiger partial charge in [0.15, 0.2) is 0 Å². The summed E-state index contributed by atoms with van der Waals surface area (Å²) in [6.07, 6.45) is 4.22. The van der Waals surface area contributed by atoms with Gasteiger partial charge in [0.2, 0.25) is 0 Å². The van der Waals surface area contributed by atoms with Crippen LogP contribution in [0.15, 0.2) is 31.1 Å². The standard InChI is InChI=1S/C10H11N3/c1-3-4-9-10-6-5-8(2)13(10)12-7-11-9/h3,5-7H,1,4H2,2H3. The second-order valence-electron chi connectivity index (χ2n) is 2.97. The Labute approximate surface area is 76.7 Å². The highest BCUT2D eigenvalue weighted by Gasteiger charge is 2.02. The van der Waals surface area contributed by atoms with Crippen LogP contribution in [0.4, 0.5) is 0 Å². The summed E-state index contributed by atoms with van der Waals surface area (Å²) in [5.74, 6) is 0.